The number of carbonyl (C=O) groups is 1. The molecule has 2 aliphatic heterocycles. The fraction of sp³-hybridized carbons (Fsp3) is 0.318. The summed E-state index contributed by atoms with van der Waals surface area (Å²) in [5.74, 6) is 0.991. The zero-order valence-corrected chi connectivity index (χ0v) is 15.8. The summed E-state index contributed by atoms with van der Waals surface area (Å²) < 4.78 is 7.27. The standard InChI is InChI=1S/C22H22N4O2/c1-28-18-8-5-16(6-9-18)26-21-13-17-7-10-20(19(21)14-24-26)25(17)22(27)12-15-4-2-3-11-23-15/h2-6,8-9,11,14,17,20H,7,10,12-13H2,1H3/t17-,20+/m1/s1. The zero-order valence-electron chi connectivity index (χ0n) is 15.8. The number of benzene rings is 1. The van der Waals surface area contributed by atoms with Crippen molar-refractivity contribution in [3.05, 3.63) is 71.8 Å². The Morgan fingerprint density at radius 1 is 1.18 bits per heavy atom. The van der Waals surface area contributed by atoms with E-state index < -0.39 is 0 Å². The summed E-state index contributed by atoms with van der Waals surface area (Å²) >= 11 is 0. The van der Waals surface area contributed by atoms with Crippen LogP contribution in [0.2, 0.25) is 0 Å². The first kappa shape index (κ1) is 17.0. The topological polar surface area (TPSA) is 60.2 Å². The summed E-state index contributed by atoms with van der Waals surface area (Å²) in [6, 6.07) is 14.0. The van der Waals surface area contributed by atoms with Crippen LogP contribution in [0.3, 0.4) is 0 Å². The maximum atomic E-state index is 13.0. The maximum absolute atomic E-state index is 13.0. The molecule has 0 N–H and O–H groups in total. The molecule has 0 saturated carbocycles. The van der Waals surface area contributed by atoms with Crippen molar-refractivity contribution in [2.24, 2.45) is 0 Å². The van der Waals surface area contributed by atoms with Crippen LogP contribution in [0.15, 0.2) is 54.9 Å². The number of aromatic nitrogens is 3. The number of rotatable bonds is 4. The third kappa shape index (κ3) is 2.76. The van der Waals surface area contributed by atoms with Gasteiger partial charge in [0.05, 0.1) is 37.2 Å². The summed E-state index contributed by atoms with van der Waals surface area (Å²) in [6.07, 6.45) is 6.91. The van der Waals surface area contributed by atoms with Crippen LogP contribution in [0.4, 0.5) is 0 Å². The number of hydrogen-bond donors (Lipinski definition) is 0. The third-order valence-electron chi connectivity index (χ3n) is 5.86. The molecule has 28 heavy (non-hydrogen) atoms. The zero-order chi connectivity index (χ0) is 19.1. The minimum absolute atomic E-state index is 0.122. The van der Waals surface area contributed by atoms with Crippen molar-refractivity contribution in [2.75, 3.05) is 7.11 Å². The van der Waals surface area contributed by atoms with Gasteiger partial charge in [-0.05, 0) is 49.2 Å². The van der Waals surface area contributed by atoms with E-state index in [2.05, 4.69) is 15.0 Å². The Morgan fingerprint density at radius 2 is 2.04 bits per heavy atom. The van der Waals surface area contributed by atoms with Crippen LogP contribution in [0.5, 0.6) is 5.75 Å². The number of amides is 1. The molecule has 6 nitrogen and oxygen atoms in total. The van der Waals surface area contributed by atoms with E-state index in [4.69, 9.17) is 4.74 Å². The number of hydrogen-bond acceptors (Lipinski definition) is 4. The molecule has 2 aromatic heterocycles. The van der Waals surface area contributed by atoms with E-state index in [1.165, 1.54) is 11.3 Å². The Morgan fingerprint density at radius 3 is 2.79 bits per heavy atom. The van der Waals surface area contributed by atoms with Crippen molar-refractivity contribution in [3.63, 3.8) is 0 Å². The predicted molar refractivity (Wildman–Crippen MR) is 104 cm³/mol. The van der Waals surface area contributed by atoms with Crippen LogP contribution in [-0.4, -0.2) is 38.7 Å². The van der Waals surface area contributed by atoms with Gasteiger partial charge >= 0.3 is 0 Å². The molecule has 5 rings (SSSR count). The van der Waals surface area contributed by atoms with Crippen molar-refractivity contribution in [1.82, 2.24) is 19.7 Å². The summed E-state index contributed by atoms with van der Waals surface area (Å²) in [5.41, 5.74) is 4.25. The molecule has 1 saturated heterocycles. The van der Waals surface area contributed by atoms with Crippen LogP contribution < -0.4 is 4.74 Å². The largest absolute Gasteiger partial charge is 0.497 e. The fourth-order valence-electron chi connectivity index (χ4n) is 4.55. The number of fused-ring (bicyclic) bond motifs is 4. The number of ether oxygens (including phenoxy) is 1. The Hall–Kier alpha value is -3.15. The number of carbonyl (C=O) groups excluding carboxylic acids is 1. The lowest BCUT2D eigenvalue weighted by Crippen LogP contribution is -2.43. The first-order valence-electron chi connectivity index (χ1n) is 9.67. The monoisotopic (exact) mass is 374 g/mol. The molecule has 2 aliphatic rings. The molecule has 1 amide bonds. The van der Waals surface area contributed by atoms with E-state index in [9.17, 15) is 4.79 Å². The van der Waals surface area contributed by atoms with E-state index in [1.54, 1.807) is 13.3 Å². The van der Waals surface area contributed by atoms with Gasteiger partial charge < -0.3 is 9.64 Å². The first-order chi connectivity index (χ1) is 13.7. The second-order valence-electron chi connectivity index (χ2n) is 7.41. The number of pyridine rings is 1. The highest BCUT2D eigenvalue weighted by Crippen LogP contribution is 2.44. The van der Waals surface area contributed by atoms with E-state index in [0.29, 0.717) is 6.42 Å². The van der Waals surface area contributed by atoms with Crippen LogP contribution in [0.1, 0.15) is 35.8 Å². The molecule has 4 heterocycles. The lowest BCUT2D eigenvalue weighted by atomic mass is 9.99. The molecular weight excluding hydrogens is 352 g/mol. The van der Waals surface area contributed by atoms with Gasteiger partial charge in [0.15, 0.2) is 0 Å². The van der Waals surface area contributed by atoms with Crippen molar-refractivity contribution in [2.45, 2.75) is 37.8 Å². The van der Waals surface area contributed by atoms with Crippen molar-refractivity contribution in [3.8, 4) is 11.4 Å². The van der Waals surface area contributed by atoms with Gasteiger partial charge in [-0.25, -0.2) is 4.68 Å². The maximum Gasteiger partial charge on any atom is 0.229 e. The number of nitrogens with zero attached hydrogens (tertiary/aromatic N) is 4. The fourth-order valence-corrected chi connectivity index (χ4v) is 4.55. The molecule has 0 unspecified atom stereocenters. The third-order valence-corrected chi connectivity index (χ3v) is 5.86. The Bertz CT molecular complexity index is 997. The second kappa shape index (κ2) is 6.78. The predicted octanol–water partition coefficient (Wildman–Crippen LogP) is 3.11. The summed E-state index contributed by atoms with van der Waals surface area (Å²) in [6.45, 7) is 0. The molecule has 6 heteroatoms. The van der Waals surface area contributed by atoms with Crippen molar-refractivity contribution >= 4 is 5.91 Å². The molecule has 142 valence electrons. The van der Waals surface area contributed by atoms with Crippen molar-refractivity contribution in [1.29, 1.82) is 0 Å². The molecule has 0 spiro atoms. The van der Waals surface area contributed by atoms with Gasteiger partial charge in [0.2, 0.25) is 5.91 Å². The quantitative estimate of drug-likeness (QED) is 0.704. The van der Waals surface area contributed by atoms with Gasteiger partial charge in [-0.1, -0.05) is 6.07 Å². The molecule has 1 fully saturated rings. The van der Waals surface area contributed by atoms with Crippen LogP contribution >= 0.6 is 0 Å². The molecule has 0 radical (unpaired) electrons. The van der Waals surface area contributed by atoms with Gasteiger partial charge in [-0.15, -0.1) is 0 Å². The first-order valence-corrected chi connectivity index (χ1v) is 9.67. The average molecular weight is 374 g/mol. The SMILES string of the molecule is COc1ccc(-n2ncc3c2C[C@H]2CC[C@@H]3N2C(=O)Cc2ccccn2)cc1. The Labute approximate surface area is 163 Å². The van der Waals surface area contributed by atoms with Crippen LogP contribution in [0.25, 0.3) is 5.69 Å². The Balaban J connectivity index is 1.43. The molecule has 1 aromatic carbocycles. The Kier molecular flexibility index (Phi) is 4.11. The van der Waals surface area contributed by atoms with Gasteiger partial charge in [0.25, 0.3) is 0 Å². The van der Waals surface area contributed by atoms with E-state index in [-0.39, 0.29) is 18.0 Å². The van der Waals surface area contributed by atoms with E-state index in [0.717, 1.165) is 36.4 Å². The molecular formula is C22H22N4O2. The molecule has 2 atom stereocenters. The summed E-state index contributed by atoms with van der Waals surface area (Å²) in [4.78, 5) is 19.4. The molecule has 2 bridgehead atoms. The molecule has 0 aliphatic carbocycles. The van der Waals surface area contributed by atoms with Gasteiger partial charge in [-0.3, -0.25) is 9.78 Å². The van der Waals surface area contributed by atoms with E-state index >= 15 is 0 Å². The summed E-state index contributed by atoms with van der Waals surface area (Å²) in [7, 11) is 1.67. The molecule has 3 aromatic rings. The normalized spacial score (nSPS) is 20.1. The van der Waals surface area contributed by atoms with Crippen molar-refractivity contribution < 1.29 is 9.53 Å². The highest BCUT2D eigenvalue weighted by Gasteiger charge is 2.44. The van der Waals surface area contributed by atoms with E-state index in [1.807, 2.05) is 53.3 Å². The second-order valence-corrected chi connectivity index (χ2v) is 7.41. The highest BCUT2D eigenvalue weighted by molar-refractivity contribution is 5.80. The lowest BCUT2D eigenvalue weighted by Gasteiger charge is -2.35. The smallest absolute Gasteiger partial charge is 0.229 e. The van der Waals surface area contributed by atoms with Gasteiger partial charge in [0, 0.05) is 29.9 Å². The minimum atomic E-state index is 0.122. The lowest BCUT2D eigenvalue weighted by molar-refractivity contribution is -0.134. The van der Waals surface area contributed by atoms with Gasteiger partial charge in [-0.2, -0.15) is 5.10 Å². The average Bonchev–Trinajstić information content (AvgIpc) is 3.30. The van der Waals surface area contributed by atoms with Crippen LogP contribution in [0, 0.1) is 0 Å². The van der Waals surface area contributed by atoms with Gasteiger partial charge in [0.1, 0.15) is 5.75 Å². The minimum Gasteiger partial charge on any atom is -0.497 e. The van der Waals surface area contributed by atoms with Crippen LogP contribution in [-0.2, 0) is 17.6 Å². The number of methoxy groups -OCH3 is 1. The summed E-state index contributed by atoms with van der Waals surface area (Å²) in [5, 5.41) is 4.65. The highest BCUT2D eigenvalue weighted by atomic mass is 16.5.